The van der Waals surface area contributed by atoms with E-state index in [1.807, 2.05) is 54.6 Å². The van der Waals surface area contributed by atoms with E-state index in [2.05, 4.69) is 63.7 Å². The molecule has 134 valence electrons. The Bertz CT molecular complexity index is 944. The molecule has 3 aromatic rings. The van der Waals surface area contributed by atoms with Gasteiger partial charge in [-0.15, -0.1) is 0 Å². The topological polar surface area (TPSA) is 35.5 Å². The van der Waals surface area contributed by atoms with E-state index in [-0.39, 0.29) is 6.61 Å². The minimum Gasteiger partial charge on any atom is -0.492 e. The van der Waals surface area contributed by atoms with Crippen LogP contribution < -0.4 is 9.47 Å². The van der Waals surface area contributed by atoms with Crippen LogP contribution in [0, 0.1) is 0 Å². The van der Waals surface area contributed by atoms with Crippen molar-refractivity contribution in [3.8, 4) is 11.5 Å². The van der Waals surface area contributed by atoms with E-state index in [0.29, 0.717) is 20.4 Å². The Morgan fingerprint density at radius 2 is 1.73 bits per heavy atom. The molecule has 0 unspecified atom stereocenters. The second-order valence-corrected chi connectivity index (χ2v) is 9.05. The number of hydrogen-bond donors (Lipinski definition) is 0. The highest BCUT2D eigenvalue weighted by Crippen LogP contribution is 2.40. The van der Waals surface area contributed by atoms with Crippen LogP contribution in [0.4, 0.5) is 0 Å². The van der Waals surface area contributed by atoms with Crippen LogP contribution in [0.5, 0.6) is 11.5 Å². The van der Waals surface area contributed by atoms with E-state index in [1.54, 1.807) is 0 Å². The van der Waals surface area contributed by atoms with Crippen LogP contribution in [-0.4, -0.2) is 17.4 Å². The second kappa shape index (κ2) is 8.87. The first-order chi connectivity index (χ1) is 12.5. The third-order valence-corrected chi connectivity index (χ3v) is 6.05. The molecular formula is C19H12Br4O3. The summed E-state index contributed by atoms with van der Waals surface area (Å²) in [5.41, 5.74) is 0. The van der Waals surface area contributed by atoms with Gasteiger partial charge in [-0.25, -0.2) is 0 Å². The van der Waals surface area contributed by atoms with Gasteiger partial charge in [0.15, 0.2) is 5.75 Å². The van der Waals surface area contributed by atoms with Crippen LogP contribution in [0.2, 0.25) is 0 Å². The first-order valence-electron chi connectivity index (χ1n) is 7.56. The summed E-state index contributed by atoms with van der Waals surface area (Å²) in [6.45, 7) is 0.165. The van der Waals surface area contributed by atoms with Gasteiger partial charge in [-0.1, -0.05) is 56.1 Å². The normalized spacial score (nSPS) is 12.0. The van der Waals surface area contributed by atoms with E-state index < -0.39 is 10.8 Å². The summed E-state index contributed by atoms with van der Waals surface area (Å²) in [5, 5.41) is 1.96. The van der Waals surface area contributed by atoms with Gasteiger partial charge < -0.3 is 9.47 Å². The second-order valence-electron chi connectivity index (χ2n) is 5.38. The Hall–Kier alpha value is -0.890. The van der Waals surface area contributed by atoms with E-state index >= 15 is 0 Å². The smallest absolute Gasteiger partial charge is 0.328 e. The molecule has 3 aromatic carbocycles. The molecule has 0 saturated carbocycles. The maximum Gasteiger partial charge on any atom is 0.328 e. The molecule has 7 heteroatoms. The quantitative estimate of drug-likeness (QED) is 0.180. The number of esters is 1. The van der Waals surface area contributed by atoms with Gasteiger partial charge in [0, 0.05) is 4.47 Å². The van der Waals surface area contributed by atoms with Crippen LogP contribution in [0.1, 0.15) is 0 Å². The summed E-state index contributed by atoms with van der Waals surface area (Å²) in [7, 11) is 0. The number of rotatable bonds is 5. The highest BCUT2D eigenvalue weighted by atomic mass is 79.9. The average molecular weight is 608 g/mol. The van der Waals surface area contributed by atoms with Crippen molar-refractivity contribution in [3.05, 3.63) is 68.0 Å². The SMILES string of the molecule is O=C(Oc1c(Br)cc2cc(Br)ccc2c1Br)[C@@H](Br)COc1ccccc1. The predicted molar refractivity (Wildman–Crippen MR) is 117 cm³/mol. The average Bonchev–Trinajstić information content (AvgIpc) is 2.63. The summed E-state index contributed by atoms with van der Waals surface area (Å²) in [6, 6.07) is 17.1. The zero-order valence-corrected chi connectivity index (χ0v) is 19.6. The number of fused-ring (bicyclic) bond motifs is 1. The van der Waals surface area contributed by atoms with Crippen molar-refractivity contribution in [2.24, 2.45) is 0 Å². The van der Waals surface area contributed by atoms with Gasteiger partial charge in [0.05, 0.1) is 8.95 Å². The first-order valence-corrected chi connectivity index (χ1v) is 10.9. The fraction of sp³-hybridized carbons (Fsp3) is 0.105. The minimum absolute atomic E-state index is 0.165. The predicted octanol–water partition coefficient (Wildman–Crippen LogP) is 6.88. The number of ether oxygens (including phenoxy) is 2. The molecule has 0 spiro atoms. The zero-order valence-electron chi connectivity index (χ0n) is 13.2. The highest BCUT2D eigenvalue weighted by Gasteiger charge is 2.22. The van der Waals surface area contributed by atoms with Crippen LogP contribution in [0.15, 0.2) is 68.0 Å². The summed E-state index contributed by atoms with van der Waals surface area (Å²) in [5.74, 6) is 0.705. The van der Waals surface area contributed by atoms with Crippen molar-refractivity contribution < 1.29 is 14.3 Å². The number of para-hydroxylation sites is 1. The fourth-order valence-electron chi connectivity index (χ4n) is 2.29. The molecule has 3 rings (SSSR count). The Balaban J connectivity index is 1.75. The van der Waals surface area contributed by atoms with Crippen molar-refractivity contribution >= 4 is 80.5 Å². The molecular weight excluding hydrogens is 596 g/mol. The third-order valence-electron chi connectivity index (χ3n) is 3.55. The Morgan fingerprint density at radius 3 is 2.46 bits per heavy atom. The molecule has 0 amide bonds. The van der Waals surface area contributed by atoms with Crippen molar-refractivity contribution in [2.45, 2.75) is 4.83 Å². The lowest BCUT2D eigenvalue weighted by atomic mass is 10.1. The maximum atomic E-state index is 12.4. The molecule has 0 saturated heterocycles. The monoisotopic (exact) mass is 604 g/mol. The molecule has 26 heavy (non-hydrogen) atoms. The number of carbonyl (C=O) groups is 1. The van der Waals surface area contributed by atoms with Crippen molar-refractivity contribution in [3.63, 3.8) is 0 Å². The largest absolute Gasteiger partial charge is 0.492 e. The Labute approximate surface area is 184 Å². The van der Waals surface area contributed by atoms with Crippen molar-refractivity contribution in [1.29, 1.82) is 0 Å². The lowest BCUT2D eigenvalue weighted by Crippen LogP contribution is -2.26. The van der Waals surface area contributed by atoms with Gasteiger partial charge in [0.1, 0.15) is 17.2 Å². The van der Waals surface area contributed by atoms with E-state index in [0.717, 1.165) is 15.2 Å². The third kappa shape index (κ3) is 4.68. The lowest BCUT2D eigenvalue weighted by Gasteiger charge is -2.15. The molecule has 0 radical (unpaired) electrons. The summed E-state index contributed by atoms with van der Waals surface area (Å²) in [4.78, 5) is 11.8. The molecule has 0 aliphatic heterocycles. The number of alkyl halides is 1. The molecule has 0 bridgehead atoms. The van der Waals surface area contributed by atoms with Gasteiger partial charge in [0.2, 0.25) is 0 Å². The van der Waals surface area contributed by atoms with Gasteiger partial charge in [-0.2, -0.15) is 0 Å². The fourth-order valence-corrected chi connectivity index (χ4v) is 4.35. The highest BCUT2D eigenvalue weighted by molar-refractivity contribution is 9.11. The Morgan fingerprint density at radius 1 is 1.00 bits per heavy atom. The van der Waals surface area contributed by atoms with E-state index in [4.69, 9.17) is 9.47 Å². The minimum atomic E-state index is -0.595. The molecule has 0 aromatic heterocycles. The molecule has 0 fully saturated rings. The number of hydrogen-bond acceptors (Lipinski definition) is 3. The standard InChI is InChI=1S/C19H12Br4O3/c20-12-6-7-14-11(8-12)9-15(21)18(17(14)23)26-19(24)16(22)10-25-13-4-2-1-3-5-13/h1-9,16H,10H2/t16-/m0/s1. The van der Waals surface area contributed by atoms with E-state index in [9.17, 15) is 4.79 Å². The maximum absolute atomic E-state index is 12.4. The summed E-state index contributed by atoms with van der Waals surface area (Å²) < 4.78 is 13.6. The van der Waals surface area contributed by atoms with E-state index in [1.165, 1.54) is 0 Å². The Kier molecular flexibility index (Phi) is 6.77. The molecule has 0 N–H and O–H groups in total. The van der Waals surface area contributed by atoms with Crippen LogP contribution in [0.3, 0.4) is 0 Å². The van der Waals surface area contributed by atoms with Gasteiger partial charge in [0.25, 0.3) is 0 Å². The first kappa shape index (κ1) is 19.9. The van der Waals surface area contributed by atoms with Crippen LogP contribution in [-0.2, 0) is 4.79 Å². The number of halogens is 4. The summed E-state index contributed by atoms with van der Waals surface area (Å²) in [6.07, 6.45) is 0. The molecule has 0 aliphatic rings. The lowest BCUT2D eigenvalue weighted by molar-refractivity contribution is -0.134. The molecule has 0 heterocycles. The van der Waals surface area contributed by atoms with Crippen LogP contribution >= 0.6 is 63.7 Å². The van der Waals surface area contributed by atoms with Crippen molar-refractivity contribution in [2.75, 3.05) is 6.61 Å². The summed E-state index contributed by atoms with van der Waals surface area (Å²) >= 11 is 13.8. The number of carbonyl (C=O) groups excluding carboxylic acids is 1. The van der Waals surface area contributed by atoms with Gasteiger partial charge in [-0.05, 0) is 73.0 Å². The van der Waals surface area contributed by atoms with Gasteiger partial charge >= 0.3 is 5.97 Å². The van der Waals surface area contributed by atoms with Gasteiger partial charge in [-0.3, -0.25) is 4.79 Å². The number of benzene rings is 3. The molecule has 3 nitrogen and oxygen atoms in total. The van der Waals surface area contributed by atoms with Crippen molar-refractivity contribution in [1.82, 2.24) is 0 Å². The van der Waals surface area contributed by atoms with Crippen LogP contribution in [0.25, 0.3) is 10.8 Å². The molecule has 0 aliphatic carbocycles. The molecule has 1 atom stereocenters. The zero-order chi connectivity index (χ0) is 18.7.